The highest BCUT2D eigenvalue weighted by Gasteiger charge is 2.10. The minimum Gasteiger partial charge on any atom is -0.383 e. The molecule has 3 heterocycles. The van der Waals surface area contributed by atoms with E-state index in [1.807, 2.05) is 18.4 Å². The Morgan fingerprint density at radius 3 is 3.08 bits per heavy atom. The second kappa shape index (κ2) is 8.04. The number of nitrogens with zero attached hydrogens (tertiary/aromatic N) is 4. The maximum absolute atomic E-state index is 11.8. The smallest absolute Gasteiger partial charge is 0.241 e. The number of methoxy groups -OCH3 is 1. The van der Waals surface area contributed by atoms with Gasteiger partial charge in [-0.15, -0.1) is 11.3 Å². The third kappa shape index (κ3) is 4.31. The van der Waals surface area contributed by atoms with E-state index in [4.69, 9.17) is 4.74 Å². The van der Waals surface area contributed by atoms with E-state index in [2.05, 4.69) is 25.7 Å². The van der Waals surface area contributed by atoms with E-state index in [9.17, 15) is 4.79 Å². The van der Waals surface area contributed by atoms with Gasteiger partial charge < -0.3 is 15.4 Å². The van der Waals surface area contributed by atoms with E-state index in [0.29, 0.717) is 13.2 Å². The number of amides is 1. The van der Waals surface area contributed by atoms with E-state index >= 15 is 0 Å². The van der Waals surface area contributed by atoms with Crippen LogP contribution in [0.1, 0.15) is 12.7 Å². The Kier molecular flexibility index (Phi) is 5.56. The summed E-state index contributed by atoms with van der Waals surface area (Å²) in [5.41, 5.74) is 0.776. The summed E-state index contributed by atoms with van der Waals surface area (Å²) < 4.78 is 6.48. The molecule has 3 rings (SSSR count). The molecule has 9 heteroatoms. The van der Waals surface area contributed by atoms with Crippen molar-refractivity contribution in [1.29, 1.82) is 0 Å². The monoisotopic (exact) mass is 360 g/mol. The number of hydrogen-bond donors (Lipinski definition) is 2. The Hall–Kier alpha value is -2.52. The Morgan fingerprint density at radius 2 is 2.28 bits per heavy atom. The van der Waals surface area contributed by atoms with E-state index in [0.717, 1.165) is 34.0 Å². The lowest BCUT2D eigenvalue weighted by Crippen LogP contribution is -2.30. The number of nitrogens with one attached hydrogen (secondary N) is 2. The molecule has 0 aromatic carbocycles. The van der Waals surface area contributed by atoms with Gasteiger partial charge in [-0.2, -0.15) is 5.10 Å². The predicted molar refractivity (Wildman–Crippen MR) is 97.2 cm³/mol. The van der Waals surface area contributed by atoms with E-state index in [1.54, 1.807) is 35.5 Å². The number of hydrogen-bond acceptors (Lipinski definition) is 7. The van der Waals surface area contributed by atoms with Crippen LogP contribution in [0.15, 0.2) is 23.8 Å². The second-order valence-corrected chi connectivity index (χ2v) is 6.27. The molecular weight excluding hydrogens is 340 g/mol. The van der Waals surface area contributed by atoms with Gasteiger partial charge in [-0.1, -0.05) is 6.92 Å². The normalized spacial score (nSPS) is 11.0. The van der Waals surface area contributed by atoms with Crippen LogP contribution in [0.3, 0.4) is 0 Å². The fourth-order valence-corrected chi connectivity index (χ4v) is 3.08. The molecule has 3 aromatic rings. The number of rotatable bonds is 8. The van der Waals surface area contributed by atoms with Crippen molar-refractivity contribution in [3.8, 4) is 0 Å². The molecule has 2 N–H and O–H groups in total. The first-order chi connectivity index (χ1) is 12.2. The first-order valence-corrected chi connectivity index (χ1v) is 8.86. The third-order valence-corrected chi connectivity index (χ3v) is 4.32. The molecule has 8 nitrogen and oxygen atoms in total. The van der Waals surface area contributed by atoms with Crippen LogP contribution in [0.2, 0.25) is 0 Å². The third-order valence-electron chi connectivity index (χ3n) is 3.52. The van der Waals surface area contributed by atoms with Crippen molar-refractivity contribution in [1.82, 2.24) is 25.1 Å². The Bertz CT molecular complexity index is 859. The molecule has 0 bridgehead atoms. The molecule has 1 amide bonds. The molecule has 0 radical (unpaired) electrons. The zero-order chi connectivity index (χ0) is 17.6. The summed E-state index contributed by atoms with van der Waals surface area (Å²) in [6.07, 6.45) is 4.22. The van der Waals surface area contributed by atoms with Crippen molar-refractivity contribution in [2.75, 3.05) is 25.6 Å². The highest BCUT2D eigenvalue weighted by Crippen LogP contribution is 2.27. The van der Waals surface area contributed by atoms with Gasteiger partial charge in [0.25, 0.3) is 0 Å². The van der Waals surface area contributed by atoms with Crippen LogP contribution in [0.4, 0.5) is 11.5 Å². The molecule has 0 aliphatic carbocycles. The first-order valence-electron chi connectivity index (χ1n) is 7.99. The summed E-state index contributed by atoms with van der Waals surface area (Å²) in [6, 6.07) is 2.00. The molecule has 0 atom stereocenters. The van der Waals surface area contributed by atoms with Crippen LogP contribution in [0.25, 0.3) is 10.2 Å². The van der Waals surface area contributed by atoms with Crippen molar-refractivity contribution < 1.29 is 9.53 Å². The van der Waals surface area contributed by atoms with Gasteiger partial charge in [-0.25, -0.2) is 9.97 Å². The van der Waals surface area contributed by atoms with Crippen LogP contribution >= 0.6 is 11.3 Å². The van der Waals surface area contributed by atoms with Crippen molar-refractivity contribution in [2.45, 2.75) is 19.9 Å². The molecule has 132 valence electrons. The number of carbonyl (C=O) groups excluding carboxylic acids is 1. The van der Waals surface area contributed by atoms with Crippen molar-refractivity contribution in [3.05, 3.63) is 29.7 Å². The van der Waals surface area contributed by atoms with Crippen molar-refractivity contribution >= 4 is 39.0 Å². The molecule has 0 fully saturated rings. The van der Waals surface area contributed by atoms with E-state index in [1.165, 1.54) is 0 Å². The molecule has 0 spiro atoms. The molecule has 0 aliphatic rings. The summed E-state index contributed by atoms with van der Waals surface area (Å²) in [6.45, 7) is 3.16. The highest BCUT2D eigenvalue weighted by atomic mass is 32.1. The predicted octanol–water partition coefficient (Wildman–Crippen LogP) is 1.96. The van der Waals surface area contributed by atoms with Gasteiger partial charge in [-0.05, 0) is 11.4 Å². The van der Waals surface area contributed by atoms with Gasteiger partial charge in [0, 0.05) is 26.3 Å². The van der Waals surface area contributed by atoms with Crippen LogP contribution in [-0.2, 0) is 22.5 Å². The molecule has 3 aromatic heterocycles. The van der Waals surface area contributed by atoms with Crippen LogP contribution in [-0.4, -0.2) is 45.9 Å². The minimum absolute atomic E-state index is 0.109. The van der Waals surface area contributed by atoms with E-state index in [-0.39, 0.29) is 12.5 Å². The average Bonchev–Trinajstić information content (AvgIpc) is 3.24. The lowest BCUT2D eigenvalue weighted by atomic mass is 10.3. The summed E-state index contributed by atoms with van der Waals surface area (Å²) in [7, 11) is 1.60. The number of aromatic nitrogens is 4. The quantitative estimate of drug-likeness (QED) is 0.597. The standard InChI is InChI=1S/C16H20N6O2S/c1-3-13-20-15(12-4-7-25-16(12)21-13)19-11-8-18-22(9-11)10-14(23)17-5-6-24-2/h4,7-9H,3,5-6,10H2,1-2H3,(H,17,23)(H,19,20,21). The van der Waals surface area contributed by atoms with Crippen LogP contribution < -0.4 is 10.6 Å². The number of ether oxygens (including phenoxy) is 1. The van der Waals surface area contributed by atoms with Gasteiger partial charge in [-0.3, -0.25) is 9.48 Å². The SMILES string of the molecule is CCc1nc(Nc2cnn(CC(=O)NCCOC)c2)c2ccsc2n1. The average molecular weight is 360 g/mol. The number of aryl methyl sites for hydroxylation is 1. The highest BCUT2D eigenvalue weighted by molar-refractivity contribution is 7.16. The number of carbonyl (C=O) groups is 1. The molecule has 0 aliphatic heterocycles. The first kappa shape index (κ1) is 17.3. The maximum Gasteiger partial charge on any atom is 0.241 e. The summed E-state index contributed by atoms with van der Waals surface area (Å²) >= 11 is 1.59. The van der Waals surface area contributed by atoms with Crippen molar-refractivity contribution in [3.63, 3.8) is 0 Å². The Balaban J connectivity index is 1.69. The van der Waals surface area contributed by atoms with Gasteiger partial charge >= 0.3 is 0 Å². The van der Waals surface area contributed by atoms with E-state index < -0.39 is 0 Å². The molecule has 0 saturated heterocycles. The topological polar surface area (TPSA) is 94.0 Å². The molecule has 0 saturated carbocycles. The molecule has 0 unspecified atom stereocenters. The van der Waals surface area contributed by atoms with Crippen LogP contribution in [0, 0.1) is 0 Å². The number of fused-ring (bicyclic) bond motifs is 1. The zero-order valence-corrected chi connectivity index (χ0v) is 15.0. The fourth-order valence-electron chi connectivity index (χ4n) is 2.30. The fraction of sp³-hybridized carbons (Fsp3) is 0.375. The van der Waals surface area contributed by atoms with Gasteiger partial charge in [0.1, 0.15) is 23.0 Å². The summed E-state index contributed by atoms with van der Waals surface area (Å²) in [5.74, 6) is 1.44. The minimum atomic E-state index is -0.109. The van der Waals surface area contributed by atoms with Gasteiger partial charge in [0.2, 0.25) is 5.91 Å². The zero-order valence-electron chi connectivity index (χ0n) is 14.2. The Labute approximate surface area is 149 Å². The summed E-state index contributed by atoms with van der Waals surface area (Å²) in [4.78, 5) is 21.8. The number of anilines is 2. The van der Waals surface area contributed by atoms with Gasteiger partial charge in [0.15, 0.2) is 0 Å². The largest absolute Gasteiger partial charge is 0.383 e. The Morgan fingerprint density at radius 1 is 1.40 bits per heavy atom. The molecule has 25 heavy (non-hydrogen) atoms. The maximum atomic E-state index is 11.8. The number of thiophene rings is 1. The van der Waals surface area contributed by atoms with Crippen LogP contribution in [0.5, 0.6) is 0 Å². The second-order valence-electron chi connectivity index (χ2n) is 5.38. The molecular formula is C16H20N6O2S. The lowest BCUT2D eigenvalue weighted by molar-refractivity contribution is -0.122. The summed E-state index contributed by atoms with van der Waals surface area (Å²) in [5, 5.41) is 13.2. The van der Waals surface area contributed by atoms with Crippen molar-refractivity contribution in [2.24, 2.45) is 0 Å². The lowest BCUT2D eigenvalue weighted by Gasteiger charge is -2.06. The van der Waals surface area contributed by atoms with Gasteiger partial charge in [0.05, 0.1) is 23.9 Å².